The molecule has 0 fully saturated rings. The first kappa shape index (κ1) is 15.0. The van der Waals surface area contributed by atoms with E-state index in [0.717, 1.165) is 6.42 Å². The lowest BCUT2D eigenvalue weighted by atomic mass is 10.3. The molecule has 112 valence electrons. The van der Waals surface area contributed by atoms with Crippen LogP contribution >= 0.6 is 7.92 Å². The summed E-state index contributed by atoms with van der Waals surface area (Å²) in [5.74, 6) is 1.18. The zero-order chi connectivity index (χ0) is 15.4. The summed E-state index contributed by atoms with van der Waals surface area (Å²) in [6.07, 6.45) is 5.03. The first-order valence-electron chi connectivity index (χ1n) is 7.67. The highest BCUT2D eigenvalue weighted by Crippen LogP contribution is 2.50. The third-order valence-electron chi connectivity index (χ3n) is 3.92. The molecule has 2 aromatic carbocycles. The molecule has 1 unspecified atom stereocenters. The van der Waals surface area contributed by atoms with E-state index in [9.17, 15) is 0 Å². The molecular formula is C19H21N2P. The molecule has 0 aliphatic heterocycles. The van der Waals surface area contributed by atoms with E-state index in [1.165, 1.54) is 16.4 Å². The molecule has 1 heterocycles. The minimum atomic E-state index is -0.465. The molecule has 0 spiro atoms. The van der Waals surface area contributed by atoms with Gasteiger partial charge >= 0.3 is 0 Å². The highest BCUT2D eigenvalue weighted by molar-refractivity contribution is 7.73. The lowest BCUT2D eigenvalue weighted by molar-refractivity contribution is 0.740. The molecular weight excluding hydrogens is 287 g/mol. The highest BCUT2D eigenvalue weighted by atomic mass is 31.1. The Morgan fingerprint density at radius 2 is 1.50 bits per heavy atom. The molecule has 1 atom stereocenters. The van der Waals surface area contributed by atoms with Crippen LogP contribution in [0.5, 0.6) is 0 Å². The minimum Gasteiger partial charge on any atom is -0.337 e. The summed E-state index contributed by atoms with van der Waals surface area (Å²) in [5.41, 5.74) is 0.430. The van der Waals surface area contributed by atoms with Crippen molar-refractivity contribution in [1.82, 2.24) is 9.55 Å². The molecule has 1 aromatic heterocycles. The van der Waals surface area contributed by atoms with Crippen LogP contribution < -0.4 is 10.6 Å². The maximum Gasteiger partial charge on any atom is 0.116 e. The zero-order valence-electron chi connectivity index (χ0n) is 13.1. The summed E-state index contributed by atoms with van der Waals surface area (Å²) < 4.78 is 2.16. The number of imidazole rings is 1. The van der Waals surface area contributed by atoms with Gasteiger partial charge in [0, 0.05) is 25.1 Å². The monoisotopic (exact) mass is 308 g/mol. The van der Waals surface area contributed by atoms with Crippen LogP contribution in [0, 0.1) is 0 Å². The fourth-order valence-electron chi connectivity index (χ4n) is 2.87. The number of hydrogen-bond acceptors (Lipinski definition) is 1. The van der Waals surface area contributed by atoms with Gasteiger partial charge in [-0.05, 0) is 25.0 Å². The number of benzene rings is 2. The second-order valence-electron chi connectivity index (χ2n) is 5.36. The van der Waals surface area contributed by atoms with Crippen molar-refractivity contribution >= 4 is 18.5 Å². The molecule has 3 heteroatoms. The lowest BCUT2D eigenvalue weighted by Crippen LogP contribution is -2.18. The van der Waals surface area contributed by atoms with Crippen LogP contribution in [-0.2, 0) is 7.05 Å². The molecule has 0 radical (unpaired) electrons. The predicted molar refractivity (Wildman–Crippen MR) is 95.3 cm³/mol. The Labute approximate surface area is 133 Å². The standard InChI is InChI=1S/C19H21N2P/c1-3-18(19-20-14-15-21(19)2)22(16-10-6-4-7-11-16)17-12-8-5-9-13-17/h4-15,18H,3H2,1-2H3. The van der Waals surface area contributed by atoms with E-state index in [-0.39, 0.29) is 0 Å². The predicted octanol–water partition coefficient (Wildman–Crippen LogP) is 4.00. The van der Waals surface area contributed by atoms with Crippen LogP contribution in [0.25, 0.3) is 0 Å². The molecule has 0 saturated carbocycles. The quantitative estimate of drug-likeness (QED) is 0.651. The van der Waals surface area contributed by atoms with E-state index in [4.69, 9.17) is 0 Å². The van der Waals surface area contributed by atoms with Gasteiger partial charge in [-0.15, -0.1) is 0 Å². The van der Waals surface area contributed by atoms with Crippen LogP contribution in [0.4, 0.5) is 0 Å². The normalized spacial score (nSPS) is 12.5. The second kappa shape index (κ2) is 6.89. The maximum atomic E-state index is 4.64. The zero-order valence-corrected chi connectivity index (χ0v) is 13.9. The average Bonchev–Trinajstić information content (AvgIpc) is 3.00. The Hall–Kier alpha value is -1.92. The van der Waals surface area contributed by atoms with Crippen molar-refractivity contribution < 1.29 is 0 Å². The SMILES string of the molecule is CCC(c1nccn1C)P(c1ccccc1)c1ccccc1. The molecule has 0 N–H and O–H groups in total. The molecule has 3 aromatic rings. The Morgan fingerprint density at radius 3 is 1.91 bits per heavy atom. The molecule has 2 nitrogen and oxygen atoms in total. The fourth-order valence-corrected chi connectivity index (χ4v) is 5.71. The van der Waals surface area contributed by atoms with E-state index < -0.39 is 7.92 Å². The topological polar surface area (TPSA) is 17.8 Å². The summed E-state index contributed by atoms with van der Waals surface area (Å²) in [6.45, 7) is 2.26. The summed E-state index contributed by atoms with van der Waals surface area (Å²) >= 11 is 0. The molecule has 0 bridgehead atoms. The van der Waals surface area contributed by atoms with Gasteiger partial charge < -0.3 is 4.57 Å². The third-order valence-corrected chi connectivity index (χ3v) is 6.85. The molecule has 3 rings (SSSR count). The van der Waals surface area contributed by atoms with Crippen LogP contribution in [0.1, 0.15) is 24.8 Å². The van der Waals surface area contributed by atoms with Crippen molar-refractivity contribution in [2.45, 2.75) is 19.0 Å². The van der Waals surface area contributed by atoms with Crippen LogP contribution in [0.3, 0.4) is 0 Å². The van der Waals surface area contributed by atoms with Crippen molar-refractivity contribution in [2.75, 3.05) is 0 Å². The van der Waals surface area contributed by atoms with E-state index in [0.29, 0.717) is 5.66 Å². The van der Waals surface area contributed by atoms with Gasteiger partial charge in [0.15, 0.2) is 0 Å². The van der Waals surface area contributed by atoms with Crippen molar-refractivity contribution in [3.05, 3.63) is 78.9 Å². The van der Waals surface area contributed by atoms with Crippen molar-refractivity contribution in [1.29, 1.82) is 0 Å². The van der Waals surface area contributed by atoms with Gasteiger partial charge in [-0.3, -0.25) is 0 Å². The van der Waals surface area contributed by atoms with Gasteiger partial charge in [0.05, 0.1) is 0 Å². The van der Waals surface area contributed by atoms with E-state index in [1.807, 2.05) is 12.4 Å². The van der Waals surface area contributed by atoms with Crippen molar-refractivity contribution in [2.24, 2.45) is 7.05 Å². The van der Waals surface area contributed by atoms with E-state index in [1.54, 1.807) is 0 Å². The van der Waals surface area contributed by atoms with Crippen molar-refractivity contribution in [3.8, 4) is 0 Å². The number of aromatic nitrogens is 2. The molecule has 22 heavy (non-hydrogen) atoms. The van der Waals surface area contributed by atoms with Crippen LogP contribution in [-0.4, -0.2) is 9.55 Å². The smallest absolute Gasteiger partial charge is 0.116 e. The summed E-state index contributed by atoms with van der Waals surface area (Å²) in [6, 6.07) is 21.7. The van der Waals surface area contributed by atoms with Gasteiger partial charge in [0.2, 0.25) is 0 Å². The lowest BCUT2D eigenvalue weighted by Gasteiger charge is -2.27. The minimum absolute atomic E-state index is 0.430. The Morgan fingerprint density at radius 1 is 0.955 bits per heavy atom. The van der Waals surface area contributed by atoms with Gasteiger partial charge in [-0.2, -0.15) is 0 Å². The highest BCUT2D eigenvalue weighted by Gasteiger charge is 2.27. The number of aryl methyl sites for hydroxylation is 1. The van der Waals surface area contributed by atoms with Crippen LogP contribution in [0.2, 0.25) is 0 Å². The number of hydrogen-bond donors (Lipinski definition) is 0. The Balaban J connectivity index is 2.11. The van der Waals surface area contributed by atoms with Gasteiger partial charge in [0.1, 0.15) is 5.82 Å². The van der Waals surface area contributed by atoms with Gasteiger partial charge in [0.25, 0.3) is 0 Å². The first-order valence-corrected chi connectivity index (χ1v) is 9.09. The average molecular weight is 308 g/mol. The summed E-state index contributed by atoms with van der Waals surface area (Å²) in [5, 5.41) is 2.83. The number of nitrogens with zero attached hydrogens (tertiary/aromatic N) is 2. The van der Waals surface area contributed by atoms with Crippen LogP contribution in [0.15, 0.2) is 73.1 Å². The Bertz CT molecular complexity index is 667. The van der Waals surface area contributed by atoms with Crippen molar-refractivity contribution in [3.63, 3.8) is 0 Å². The largest absolute Gasteiger partial charge is 0.337 e. The second-order valence-corrected chi connectivity index (χ2v) is 7.76. The molecule has 0 aliphatic rings. The fraction of sp³-hybridized carbons (Fsp3) is 0.211. The maximum absolute atomic E-state index is 4.64. The van der Waals surface area contributed by atoms with E-state index >= 15 is 0 Å². The number of rotatable bonds is 5. The van der Waals surface area contributed by atoms with Gasteiger partial charge in [-0.1, -0.05) is 67.6 Å². The van der Waals surface area contributed by atoms with Gasteiger partial charge in [-0.25, -0.2) is 4.98 Å². The molecule has 0 aliphatic carbocycles. The van der Waals surface area contributed by atoms with E-state index in [2.05, 4.69) is 84.2 Å². The summed E-state index contributed by atoms with van der Waals surface area (Å²) in [4.78, 5) is 4.64. The Kier molecular flexibility index (Phi) is 4.70. The molecule has 0 saturated heterocycles. The molecule has 0 amide bonds. The summed E-state index contributed by atoms with van der Waals surface area (Å²) in [7, 11) is 1.63. The first-order chi connectivity index (χ1) is 10.8. The third kappa shape index (κ3) is 2.98.